The van der Waals surface area contributed by atoms with Gasteiger partial charge in [0.2, 0.25) is 0 Å². The SMILES string of the molecule is C=C(/C=C/C)CC(N)CN. The minimum atomic E-state index is 0.0590. The van der Waals surface area contributed by atoms with E-state index in [-0.39, 0.29) is 6.04 Å². The van der Waals surface area contributed by atoms with Crippen molar-refractivity contribution in [3.8, 4) is 0 Å². The minimum absolute atomic E-state index is 0.0590. The largest absolute Gasteiger partial charge is 0.329 e. The Morgan fingerprint density at radius 2 is 2.30 bits per heavy atom. The molecule has 0 aliphatic rings. The first kappa shape index (κ1) is 9.40. The summed E-state index contributed by atoms with van der Waals surface area (Å²) in [6.45, 7) is 6.29. The number of hydrogen-bond acceptors (Lipinski definition) is 2. The van der Waals surface area contributed by atoms with Crippen LogP contribution < -0.4 is 11.5 Å². The van der Waals surface area contributed by atoms with Crippen molar-refractivity contribution in [3.05, 3.63) is 24.3 Å². The first-order valence-corrected chi connectivity index (χ1v) is 3.46. The van der Waals surface area contributed by atoms with Gasteiger partial charge in [-0.15, -0.1) is 0 Å². The average molecular weight is 140 g/mol. The van der Waals surface area contributed by atoms with E-state index < -0.39 is 0 Å². The van der Waals surface area contributed by atoms with Gasteiger partial charge in [0.1, 0.15) is 0 Å². The average Bonchev–Trinajstić information content (AvgIpc) is 1.88. The second-order valence-electron chi connectivity index (χ2n) is 2.36. The number of hydrogen-bond donors (Lipinski definition) is 2. The summed E-state index contributed by atoms with van der Waals surface area (Å²) >= 11 is 0. The highest BCUT2D eigenvalue weighted by molar-refractivity contribution is 5.14. The Morgan fingerprint density at radius 3 is 2.70 bits per heavy atom. The number of rotatable bonds is 4. The van der Waals surface area contributed by atoms with Gasteiger partial charge in [0.25, 0.3) is 0 Å². The second kappa shape index (κ2) is 5.21. The van der Waals surface area contributed by atoms with Crippen LogP contribution in [0.3, 0.4) is 0 Å². The molecular formula is C8H16N2. The zero-order valence-corrected chi connectivity index (χ0v) is 6.51. The van der Waals surface area contributed by atoms with Crippen LogP contribution in [0.15, 0.2) is 24.3 Å². The van der Waals surface area contributed by atoms with Gasteiger partial charge >= 0.3 is 0 Å². The fraction of sp³-hybridized carbons (Fsp3) is 0.500. The highest BCUT2D eigenvalue weighted by Gasteiger charge is 1.98. The summed E-state index contributed by atoms with van der Waals surface area (Å²) in [5.74, 6) is 0. The summed E-state index contributed by atoms with van der Waals surface area (Å²) in [6, 6.07) is 0.0590. The second-order valence-corrected chi connectivity index (χ2v) is 2.36. The van der Waals surface area contributed by atoms with Gasteiger partial charge in [0.15, 0.2) is 0 Å². The Morgan fingerprint density at radius 1 is 1.70 bits per heavy atom. The molecule has 1 atom stereocenters. The molecule has 0 saturated carbocycles. The number of nitrogens with two attached hydrogens (primary N) is 2. The van der Waals surface area contributed by atoms with Gasteiger partial charge in [0, 0.05) is 12.6 Å². The van der Waals surface area contributed by atoms with Crippen LogP contribution in [0.1, 0.15) is 13.3 Å². The van der Waals surface area contributed by atoms with Gasteiger partial charge in [-0.3, -0.25) is 0 Å². The van der Waals surface area contributed by atoms with E-state index in [2.05, 4.69) is 6.58 Å². The Kier molecular flexibility index (Phi) is 4.89. The molecule has 0 fully saturated rings. The molecule has 1 unspecified atom stereocenters. The van der Waals surface area contributed by atoms with Gasteiger partial charge < -0.3 is 11.5 Å². The lowest BCUT2D eigenvalue weighted by Gasteiger charge is -2.06. The Balaban J connectivity index is 3.57. The molecule has 0 rings (SSSR count). The molecule has 0 saturated heterocycles. The van der Waals surface area contributed by atoms with Crippen molar-refractivity contribution in [2.24, 2.45) is 11.5 Å². The summed E-state index contributed by atoms with van der Waals surface area (Å²) in [5.41, 5.74) is 12.0. The molecule has 0 heterocycles. The quantitative estimate of drug-likeness (QED) is 0.567. The van der Waals surface area contributed by atoms with Crippen LogP contribution in [0.5, 0.6) is 0 Å². The minimum Gasteiger partial charge on any atom is -0.329 e. The van der Waals surface area contributed by atoms with E-state index in [4.69, 9.17) is 11.5 Å². The molecule has 0 spiro atoms. The molecule has 2 heteroatoms. The summed E-state index contributed by atoms with van der Waals surface area (Å²) in [5, 5.41) is 0. The van der Waals surface area contributed by atoms with E-state index in [1.165, 1.54) is 0 Å². The fourth-order valence-electron chi connectivity index (χ4n) is 0.724. The molecular weight excluding hydrogens is 124 g/mol. The van der Waals surface area contributed by atoms with E-state index in [0.717, 1.165) is 12.0 Å². The Hall–Kier alpha value is -0.600. The molecule has 0 aliphatic carbocycles. The zero-order chi connectivity index (χ0) is 7.98. The van der Waals surface area contributed by atoms with E-state index in [0.29, 0.717) is 6.54 Å². The fourth-order valence-corrected chi connectivity index (χ4v) is 0.724. The van der Waals surface area contributed by atoms with Crippen molar-refractivity contribution in [1.29, 1.82) is 0 Å². The van der Waals surface area contributed by atoms with Crippen molar-refractivity contribution in [2.75, 3.05) is 6.54 Å². The summed E-state index contributed by atoms with van der Waals surface area (Å²) in [6.07, 6.45) is 4.70. The lowest BCUT2D eigenvalue weighted by molar-refractivity contribution is 0.682. The van der Waals surface area contributed by atoms with Gasteiger partial charge in [-0.2, -0.15) is 0 Å². The van der Waals surface area contributed by atoms with E-state index in [9.17, 15) is 0 Å². The van der Waals surface area contributed by atoms with Crippen molar-refractivity contribution < 1.29 is 0 Å². The smallest absolute Gasteiger partial charge is 0.0203 e. The van der Waals surface area contributed by atoms with Gasteiger partial charge in [-0.05, 0) is 13.3 Å². The molecule has 10 heavy (non-hydrogen) atoms. The highest BCUT2D eigenvalue weighted by atomic mass is 14.7. The predicted molar refractivity (Wildman–Crippen MR) is 45.6 cm³/mol. The lowest BCUT2D eigenvalue weighted by atomic mass is 10.1. The van der Waals surface area contributed by atoms with Crippen molar-refractivity contribution in [1.82, 2.24) is 0 Å². The van der Waals surface area contributed by atoms with Crippen LogP contribution in [0.25, 0.3) is 0 Å². The molecule has 4 N–H and O–H groups in total. The molecule has 0 aromatic carbocycles. The third-order valence-corrected chi connectivity index (χ3v) is 1.23. The maximum absolute atomic E-state index is 5.58. The summed E-state index contributed by atoms with van der Waals surface area (Å²) in [4.78, 5) is 0. The highest BCUT2D eigenvalue weighted by Crippen LogP contribution is 2.01. The van der Waals surface area contributed by atoms with E-state index in [1.54, 1.807) is 0 Å². The third-order valence-electron chi connectivity index (χ3n) is 1.23. The normalized spacial score (nSPS) is 13.9. The lowest BCUT2D eigenvalue weighted by Crippen LogP contribution is -2.29. The van der Waals surface area contributed by atoms with Crippen LogP contribution in [-0.4, -0.2) is 12.6 Å². The van der Waals surface area contributed by atoms with Crippen molar-refractivity contribution in [3.63, 3.8) is 0 Å². The summed E-state index contributed by atoms with van der Waals surface area (Å²) in [7, 11) is 0. The summed E-state index contributed by atoms with van der Waals surface area (Å²) < 4.78 is 0. The molecule has 0 amide bonds. The van der Waals surface area contributed by atoms with Gasteiger partial charge in [0.05, 0.1) is 0 Å². The van der Waals surface area contributed by atoms with Crippen LogP contribution in [0.4, 0.5) is 0 Å². The maximum Gasteiger partial charge on any atom is 0.0203 e. The standard InChI is InChI=1S/C8H16N2/c1-3-4-7(2)5-8(10)6-9/h3-4,8H,2,5-6,9-10H2,1H3/b4-3+. The number of allylic oxidation sites excluding steroid dienone is 2. The van der Waals surface area contributed by atoms with Crippen LogP contribution >= 0.6 is 0 Å². The van der Waals surface area contributed by atoms with Gasteiger partial charge in [-0.1, -0.05) is 24.3 Å². The monoisotopic (exact) mass is 140 g/mol. The molecule has 0 aliphatic heterocycles. The molecule has 58 valence electrons. The van der Waals surface area contributed by atoms with Crippen LogP contribution in [0, 0.1) is 0 Å². The molecule has 0 aromatic rings. The molecule has 0 aromatic heterocycles. The molecule has 0 bridgehead atoms. The van der Waals surface area contributed by atoms with E-state index >= 15 is 0 Å². The predicted octanol–water partition coefficient (Wildman–Crippen LogP) is 0.795. The first-order valence-electron chi connectivity index (χ1n) is 3.46. The van der Waals surface area contributed by atoms with Crippen LogP contribution in [-0.2, 0) is 0 Å². The molecule has 0 radical (unpaired) electrons. The Labute approximate surface area is 62.6 Å². The van der Waals surface area contributed by atoms with Crippen molar-refractivity contribution >= 4 is 0 Å². The Bertz CT molecular complexity index is 127. The zero-order valence-electron chi connectivity index (χ0n) is 6.51. The molecule has 2 nitrogen and oxygen atoms in total. The third kappa shape index (κ3) is 4.30. The van der Waals surface area contributed by atoms with Crippen LogP contribution in [0.2, 0.25) is 0 Å². The van der Waals surface area contributed by atoms with Gasteiger partial charge in [-0.25, -0.2) is 0 Å². The van der Waals surface area contributed by atoms with Crippen molar-refractivity contribution in [2.45, 2.75) is 19.4 Å². The van der Waals surface area contributed by atoms with E-state index in [1.807, 2.05) is 19.1 Å². The maximum atomic E-state index is 5.58. The first-order chi connectivity index (χ1) is 4.70. The topological polar surface area (TPSA) is 52.0 Å².